The van der Waals surface area contributed by atoms with Gasteiger partial charge in [0.2, 0.25) is 0 Å². The lowest BCUT2D eigenvalue weighted by atomic mass is 10.1. The van der Waals surface area contributed by atoms with Crippen molar-refractivity contribution in [2.75, 3.05) is 5.32 Å². The molecule has 0 saturated carbocycles. The zero-order valence-corrected chi connectivity index (χ0v) is 13.8. The normalized spacial score (nSPS) is 10.0. The number of nitriles is 1. The van der Waals surface area contributed by atoms with Crippen LogP contribution >= 0.6 is 0 Å². The summed E-state index contributed by atoms with van der Waals surface area (Å²) in [6, 6.07) is 22.6. The van der Waals surface area contributed by atoms with Crippen LogP contribution in [0.25, 0.3) is 0 Å². The van der Waals surface area contributed by atoms with Crippen molar-refractivity contribution in [2.45, 2.75) is 6.61 Å². The molecule has 0 fully saturated rings. The number of carbonyl (C=O) groups excluding carboxylic acids is 1. The first-order valence-electron chi connectivity index (χ1n) is 7.97. The van der Waals surface area contributed by atoms with Crippen LogP contribution in [0, 0.1) is 11.3 Å². The number of carbonyl (C=O) groups is 1. The van der Waals surface area contributed by atoms with Crippen molar-refractivity contribution < 1.29 is 14.6 Å². The highest BCUT2D eigenvalue weighted by molar-refractivity contribution is 6.04. The highest BCUT2D eigenvalue weighted by Gasteiger charge is 2.08. The molecule has 5 nitrogen and oxygen atoms in total. The lowest BCUT2D eigenvalue weighted by Crippen LogP contribution is -2.12. The maximum atomic E-state index is 12.4. The van der Waals surface area contributed by atoms with Gasteiger partial charge in [0.05, 0.1) is 18.2 Å². The van der Waals surface area contributed by atoms with Crippen LogP contribution in [0.5, 0.6) is 11.5 Å². The van der Waals surface area contributed by atoms with E-state index in [0.29, 0.717) is 28.3 Å². The molecule has 0 saturated heterocycles. The number of hydrogen-bond acceptors (Lipinski definition) is 4. The van der Waals surface area contributed by atoms with Crippen molar-refractivity contribution in [3.8, 4) is 17.6 Å². The first kappa shape index (κ1) is 17.2. The van der Waals surface area contributed by atoms with E-state index in [-0.39, 0.29) is 12.5 Å². The van der Waals surface area contributed by atoms with Gasteiger partial charge in [0.25, 0.3) is 5.91 Å². The number of rotatable bonds is 5. The van der Waals surface area contributed by atoms with E-state index in [1.54, 1.807) is 72.8 Å². The number of hydrogen-bond donors (Lipinski definition) is 2. The number of nitrogens with zero attached hydrogens (tertiary/aromatic N) is 1. The minimum atomic E-state index is -0.273. The summed E-state index contributed by atoms with van der Waals surface area (Å²) in [6.07, 6.45) is 0. The van der Waals surface area contributed by atoms with E-state index in [9.17, 15) is 9.90 Å². The second-order valence-electron chi connectivity index (χ2n) is 5.58. The smallest absolute Gasteiger partial charge is 0.255 e. The van der Waals surface area contributed by atoms with Crippen molar-refractivity contribution in [1.29, 1.82) is 5.26 Å². The Kier molecular flexibility index (Phi) is 5.28. The molecule has 128 valence electrons. The fourth-order valence-corrected chi connectivity index (χ4v) is 2.39. The van der Waals surface area contributed by atoms with Crippen LogP contribution in [-0.4, -0.2) is 11.0 Å². The molecule has 0 aliphatic rings. The number of benzene rings is 3. The minimum absolute atomic E-state index is 0.0857. The molecule has 3 aromatic carbocycles. The van der Waals surface area contributed by atoms with E-state index < -0.39 is 0 Å². The summed E-state index contributed by atoms with van der Waals surface area (Å²) < 4.78 is 5.73. The zero-order chi connectivity index (χ0) is 18.4. The Hall–Kier alpha value is -3.62. The van der Waals surface area contributed by atoms with Crippen LogP contribution in [0.15, 0.2) is 72.8 Å². The minimum Gasteiger partial charge on any atom is -0.457 e. The number of amides is 1. The van der Waals surface area contributed by atoms with Gasteiger partial charge in [0.1, 0.15) is 11.5 Å². The fraction of sp³-hybridized carbons (Fsp3) is 0.0476. The molecule has 1 amide bonds. The maximum Gasteiger partial charge on any atom is 0.255 e. The summed E-state index contributed by atoms with van der Waals surface area (Å²) in [6.45, 7) is -0.0857. The van der Waals surface area contributed by atoms with Gasteiger partial charge >= 0.3 is 0 Å². The molecular formula is C21H16N2O3. The summed E-state index contributed by atoms with van der Waals surface area (Å²) >= 11 is 0. The van der Waals surface area contributed by atoms with Crippen molar-refractivity contribution in [3.63, 3.8) is 0 Å². The van der Waals surface area contributed by atoms with Crippen LogP contribution < -0.4 is 10.1 Å². The van der Waals surface area contributed by atoms with Crippen LogP contribution in [0.4, 0.5) is 5.69 Å². The number of ether oxygens (including phenoxy) is 1. The third kappa shape index (κ3) is 4.26. The molecule has 3 aromatic rings. The van der Waals surface area contributed by atoms with E-state index in [1.165, 1.54) is 0 Å². The Bertz CT molecular complexity index is 959. The predicted molar refractivity (Wildman–Crippen MR) is 98.0 cm³/mol. The van der Waals surface area contributed by atoms with Crippen LogP contribution in [0.1, 0.15) is 21.5 Å². The van der Waals surface area contributed by atoms with Gasteiger partial charge in [0.15, 0.2) is 0 Å². The molecular weight excluding hydrogens is 328 g/mol. The summed E-state index contributed by atoms with van der Waals surface area (Å²) in [4.78, 5) is 12.4. The lowest BCUT2D eigenvalue weighted by Gasteiger charge is -2.09. The molecule has 0 aliphatic carbocycles. The highest BCUT2D eigenvalue weighted by Crippen LogP contribution is 2.23. The summed E-state index contributed by atoms with van der Waals surface area (Å²) in [5.41, 5.74) is 2.33. The lowest BCUT2D eigenvalue weighted by molar-refractivity contribution is 0.102. The Morgan fingerprint density at radius 3 is 2.50 bits per heavy atom. The summed E-state index contributed by atoms with van der Waals surface area (Å²) in [7, 11) is 0. The molecule has 0 atom stereocenters. The van der Waals surface area contributed by atoms with Crippen molar-refractivity contribution in [1.82, 2.24) is 0 Å². The Morgan fingerprint density at radius 1 is 1.00 bits per heavy atom. The number of anilines is 1. The SMILES string of the molecule is N#Cc1ccc(Oc2cccc(C(=O)Nc3cccc(CO)c3)c2)cc1. The van der Waals surface area contributed by atoms with Gasteiger partial charge in [-0.3, -0.25) is 4.79 Å². The zero-order valence-electron chi connectivity index (χ0n) is 13.8. The average molecular weight is 344 g/mol. The maximum absolute atomic E-state index is 12.4. The topological polar surface area (TPSA) is 82.3 Å². The van der Waals surface area contributed by atoms with E-state index in [4.69, 9.17) is 10.00 Å². The second kappa shape index (κ2) is 7.97. The predicted octanol–water partition coefficient (Wildman–Crippen LogP) is 4.10. The Labute approximate surface area is 151 Å². The van der Waals surface area contributed by atoms with Crippen molar-refractivity contribution in [2.24, 2.45) is 0 Å². The Balaban J connectivity index is 1.73. The molecule has 5 heteroatoms. The molecule has 3 rings (SSSR count). The third-order valence-electron chi connectivity index (χ3n) is 3.68. The van der Waals surface area contributed by atoms with Crippen LogP contribution in [0.2, 0.25) is 0 Å². The standard InChI is InChI=1S/C21H16N2O3/c22-13-15-7-9-19(10-8-15)26-20-6-2-4-17(12-20)21(25)23-18-5-1-3-16(11-18)14-24/h1-12,24H,14H2,(H,23,25). The van der Waals surface area contributed by atoms with Crippen molar-refractivity contribution >= 4 is 11.6 Å². The van der Waals surface area contributed by atoms with E-state index >= 15 is 0 Å². The first-order valence-corrected chi connectivity index (χ1v) is 7.97. The highest BCUT2D eigenvalue weighted by atomic mass is 16.5. The molecule has 0 radical (unpaired) electrons. The number of nitrogens with one attached hydrogen (secondary N) is 1. The van der Waals surface area contributed by atoms with E-state index in [2.05, 4.69) is 5.32 Å². The molecule has 0 aliphatic heterocycles. The van der Waals surface area contributed by atoms with Gasteiger partial charge in [-0.15, -0.1) is 0 Å². The van der Waals surface area contributed by atoms with Gasteiger partial charge in [-0.1, -0.05) is 18.2 Å². The molecule has 0 spiro atoms. The molecule has 0 heterocycles. The van der Waals surface area contributed by atoms with E-state index in [0.717, 1.165) is 5.56 Å². The largest absolute Gasteiger partial charge is 0.457 e. The average Bonchev–Trinajstić information content (AvgIpc) is 2.69. The monoisotopic (exact) mass is 344 g/mol. The molecule has 2 N–H and O–H groups in total. The summed E-state index contributed by atoms with van der Waals surface area (Å²) in [5.74, 6) is 0.828. The molecule has 26 heavy (non-hydrogen) atoms. The van der Waals surface area contributed by atoms with Crippen molar-refractivity contribution in [3.05, 3.63) is 89.5 Å². The van der Waals surface area contributed by atoms with Crippen LogP contribution in [0.3, 0.4) is 0 Å². The second-order valence-corrected chi connectivity index (χ2v) is 5.58. The Morgan fingerprint density at radius 2 is 1.77 bits per heavy atom. The molecule has 0 bridgehead atoms. The van der Waals surface area contributed by atoms with E-state index in [1.807, 2.05) is 6.07 Å². The first-order chi connectivity index (χ1) is 12.7. The summed E-state index contributed by atoms with van der Waals surface area (Å²) in [5, 5.41) is 20.8. The van der Waals surface area contributed by atoms with Gasteiger partial charge in [-0.05, 0) is 60.2 Å². The fourth-order valence-electron chi connectivity index (χ4n) is 2.39. The quantitative estimate of drug-likeness (QED) is 0.730. The third-order valence-corrected chi connectivity index (χ3v) is 3.68. The molecule has 0 unspecified atom stereocenters. The number of aliphatic hydroxyl groups is 1. The van der Waals surface area contributed by atoms with Gasteiger partial charge in [-0.25, -0.2) is 0 Å². The van der Waals surface area contributed by atoms with Gasteiger partial charge in [0, 0.05) is 11.3 Å². The van der Waals surface area contributed by atoms with Gasteiger partial charge < -0.3 is 15.2 Å². The molecule has 0 aromatic heterocycles. The van der Waals surface area contributed by atoms with Gasteiger partial charge in [-0.2, -0.15) is 5.26 Å². The van der Waals surface area contributed by atoms with Crippen LogP contribution in [-0.2, 0) is 6.61 Å². The number of aliphatic hydroxyl groups excluding tert-OH is 1.